The zero-order valence-electron chi connectivity index (χ0n) is 16.6. The second-order valence-corrected chi connectivity index (χ2v) is 9.51. The first kappa shape index (κ1) is 18.3. The molecule has 0 amide bonds. The molecule has 2 fully saturated rings. The van der Waals surface area contributed by atoms with Gasteiger partial charge in [0, 0.05) is 12.3 Å². The lowest BCUT2D eigenvalue weighted by Crippen LogP contribution is -2.86. The van der Waals surface area contributed by atoms with E-state index in [2.05, 4.69) is 31.3 Å². The standard InChI is InChI=1S/C23H35NO2/c1-16-7-6-11-23(2)14-21-18(13-20(16)23)19(22(25)26-21)15-24-12-10-17-8-4-3-5-9-17/h8,13,16,18-19,21,24H,3-7,9-12,14-15H2,1-2H3/p+1/t16-,18+,19-,21+,23+/m0/s1. The number of carbonyl (C=O) groups excluding carboxylic acids is 1. The van der Waals surface area contributed by atoms with Gasteiger partial charge in [0.2, 0.25) is 0 Å². The molecule has 144 valence electrons. The Labute approximate surface area is 158 Å². The van der Waals surface area contributed by atoms with Crippen molar-refractivity contribution in [2.24, 2.45) is 23.2 Å². The third-order valence-corrected chi connectivity index (χ3v) is 7.56. The van der Waals surface area contributed by atoms with Crippen molar-refractivity contribution in [1.82, 2.24) is 0 Å². The number of ether oxygens (including phenoxy) is 1. The molecule has 1 heterocycles. The fraction of sp³-hybridized carbons (Fsp3) is 0.783. The Bertz CT molecular complexity index is 607. The van der Waals surface area contributed by atoms with Gasteiger partial charge in [0.15, 0.2) is 0 Å². The fourth-order valence-electron chi connectivity index (χ4n) is 6.03. The maximum absolute atomic E-state index is 12.5. The number of esters is 1. The summed E-state index contributed by atoms with van der Waals surface area (Å²) >= 11 is 0. The lowest BCUT2D eigenvalue weighted by Gasteiger charge is -2.45. The van der Waals surface area contributed by atoms with E-state index in [0.717, 1.165) is 19.5 Å². The maximum Gasteiger partial charge on any atom is 0.315 e. The van der Waals surface area contributed by atoms with Gasteiger partial charge in [-0.3, -0.25) is 4.79 Å². The van der Waals surface area contributed by atoms with Crippen LogP contribution in [0.3, 0.4) is 0 Å². The molecule has 1 aliphatic heterocycles. The van der Waals surface area contributed by atoms with Crippen molar-refractivity contribution in [3.05, 3.63) is 23.3 Å². The van der Waals surface area contributed by atoms with E-state index in [1.54, 1.807) is 11.1 Å². The molecule has 0 radical (unpaired) electrons. The van der Waals surface area contributed by atoms with E-state index < -0.39 is 0 Å². The molecule has 3 aliphatic carbocycles. The highest BCUT2D eigenvalue weighted by atomic mass is 16.6. The minimum Gasteiger partial charge on any atom is -0.461 e. The number of quaternary nitrogens is 1. The highest BCUT2D eigenvalue weighted by Gasteiger charge is 2.52. The average Bonchev–Trinajstić information content (AvgIpc) is 2.92. The molecule has 4 aliphatic rings. The van der Waals surface area contributed by atoms with Crippen molar-refractivity contribution < 1.29 is 14.8 Å². The second kappa shape index (κ2) is 7.50. The summed E-state index contributed by atoms with van der Waals surface area (Å²) in [6, 6.07) is 0. The summed E-state index contributed by atoms with van der Waals surface area (Å²) in [5.74, 6) is 1.11. The third kappa shape index (κ3) is 3.52. The van der Waals surface area contributed by atoms with Crippen LogP contribution < -0.4 is 5.32 Å². The molecular formula is C23H36NO2+. The zero-order chi connectivity index (χ0) is 18.1. The zero-order valence-corrected chi connectivity index (χ0v) is 16.6. The normalized spacial score (nSPS) is 39.5. The van der Waals surface area contributed by atoms with Crippen LogP contribution in [0.1, 0.15) is 71.6 Å². The monoisotopic (exact) mass is 358 g/mol. The number of carbonyl (C=O) groups is 1. The largest absolute Gasteiger partial charge is 0.461 e. The first-order chi connectivity index (χ1) is 12.6. The fourth-order valence-corrected chi connectivity index (χ4v) is 6.03. The number of rotatable bonds is 5. The van der Waals surface area contributed by atoms with Gasteiger partial charge in [-0.05, 0) is 56.3 Å². The van der Waals surface area contributed by atoms with Crippen LogP contribution in [0.5, 0.6) is 0 Å². The van der Waals surface area contributed by atoms with Crippen LogP contribution in [0.4, 0.5) is 0 Å². The number of hydrogen-bond acceptors (Lipinski definition) is 2. The molecule has 0 spiro atoms. The van der Waals surface area contributed by atoms with Crippen molar-refractivity contribution in [2.45, 2.75) is 77.7 Å². The van der Waals surface area contributed by atoms with Crippen molar-refractivity contribution in [3.63, 3.8) is 0 Å². The number of fused-ring (bicyclic) bond motifs is 2. The Morgan fingerprint density at radius 2 is 2.19 bits per heavy atom. The van der Waals surface area contributed by atoms with Crippen molar-refractivity contribution in [3.8, 4) is 0 Å². The summed E-state index contributed by atoms with van der Waals surface area (Å²) in [4.78, 5) is 12.5. The molecule has 1 saturated carbocycles. The Balaban J connectivity index is 1.38. The SMILES string of the molecule is C[C@H]1CCC[C@]2(C)C[C@H]3OC(=O)[C@@H](C[NH2+]CCC4=CCCCC4)[C@H]3C=C12. The summed E-state index contributed by atoms with van der Waals surface area (Å²) in [5.41, 5.74) is 3.53. The van der Waals surface area contributed by atoms with E-state index in [4.69, 9.17) is 4.74 Å². The molecule has 26 heavy (non-hydrogen) atoms. The van der Waals surface area contributed by atoms with Crippen LogP contribution >= 0.6 is 0 Å². The van der Waals surface area contributed by atoms with Crippen LogP contribution in [0.2, 0.25) is 0 Å². The average molecular weight is 359 g/mol. The van der Waals surface area contributed by atoms with E-state index in [1.165, 1.54) is 51.4 Å². The topological polar surface area (TPSA) is 42.9 Å². The lowest BCUT2D eigenvalue weighted by atomic mass is 9.59. The summed E-state index contributed by atoms with van der Waals surface area (Å²) in [6.45, 7) is 6.77. The van der Waals surface area contributed by atoms with Gasteiger partial charge >= 0.3 is 5.97 Å². The molecule has 0 aromatic heterocycles. The summed E-state index contributed by atoms with van der Waals surface area (Å²) in [7, 11) is 0. The van der Waals surface area contributed by atoms with Gasteiger partial charge in [0.25, 0.3) is 0 Å². The van der Waals surface area contributed by atoms with E-state index in [9.17, 15) is 4.79 Å². The molecule has 4 rings (SSSR count). The summed E-state index contributed by atoms with van der Waals surface area (Å²) in [5, 5.41) is 2.36. The molecule has 0 bridgehead atoms. The molecule has 2 N–H and O–H groups in total. The Morgan fingerprint density at radius 3 is 3.00 bits per heavy atom. The molecule has 3 heteroatoms. The molecular weight excluding hydrogens is 322 g/mol. The van der Waals surface area contributed by atoms with Gasteiger partial charge in [-0.15, -0.1) is 0 Å². The Morgan fingerprint density at radius 1 is 1.31 bits per heavy atom. The Kier molecular flexibility index (Phi) is 5.27. The van der Waals surface area contributed by atoms with Gasteiger partial charge in [-0.25, -0.2) is 0 Å². The van der Waals surface area contributed by atoms with Gasteiger partial charge < -0.3 is 10.1 Å². The Hall–Kier alpha value is -1.09. The van der Waals surface area contributed by atoms with Crippen LogP contribution in [0.25, 0.3) is 0 Å². The smallest absolute Gasteiger partial charge is 0.315 e. The molecule has 0 unspecified atom stereocenters. The molecule has 1 saturated heterocycles. The van der Waals surface area contributed by atoms with Crippen LogP contribution in [0, 0.1) is 23.2 Å². The quantitative estimate of drug-likeness (QED) is 0.462. The highest BCUT2D eigenvalue weighted by molar-refractivity contribution is 5.76. The predicted molar refractivity (Wildman–Crippen MR) is 104 cm³/mol. The minimum atomic E-state index is 0.0554. The van der Waals surface area contributed by atoms with Crippen molar-refractivity contribution >= 4 is 5.97 Å². The predicted octanol–water partition coefficient (Wildman–Crippen LogP) is 3.75. The van der Waals surface area contributed by atoms with E-state index in [-0.39, 0.29) is 23.4 Å². The third-order valence-electron chi connectivity index (χ3n) is 7.56. The first-order valence-electron chi connectivity index (χ1n) is 11.0. The van der Waals surface area contributed by atoms with Gasteiger partial charge in [0.1, 0.15) is 12.0 Å². The molecule has 0 aromatic carbocycles. The second-order valence-electron chi connectivity index (χ2n) is 9.51. The van der Waals surface area contributed by atoms with Crippen LogP contribution in [0.15, 0.2) is 23.3 Å². The lowest BCUT2D eigenvalue weighted by molar-refractivity contribution is -0.658. The van der Waals surface area contributed by atoms with Crippen molar-refractivity contribution in [2.75, 3.05) is 13.1 Å². The molecule has 0 aromatic rings. The molecule has 3 nitrogen and oxygen atoms in total. The van der Waals surface area contributed by atoms with Gasteiger partial charge in [-0.2, -0.15) is 0 Å². The number of nitrogens with two attached hydrogens (primary N) is 1. The van der Waals surface area contributed by atoms with Crippen LogP contribution in [-0.4, -0.2) is 25.2 Å². The summed E-state index contributed by atoms with van der Waals surface area (Å²) in [6.07, 6.45) is 16.4. The molecule has 5 atom stereocenters. The van der Waals surface area contributed by atoms with Gasteiger partial charge in [0.05, 0.1) is 13.1 Å². The van der Waals surface area contributed by atoms with E-state index >= 15 is 0 Å². The maximum atomic E-state index is 12.5. The minimum absolute atomic E-state index is 0.0554. The van der Waals surface area contributed by atoms with Gasteiger partial charge in [-0.1, -0.05) is 43.6 Å². The first-order valence-corrected chi connectivity index (χ1v) is 11.0. The van der Waals surface area contributed by atoms with E-state index in [0.29, 0.717) is 11.8 Å². The summed E-state index contributed by atoms with van der Waals surface area (Å²) < 4.78 is 5.86. The van der Waals surface area contributed by atoms with Crippen molar-refractivity contribution in [1.29, 1.82) is 0 Å². The number of hydrogen-bond donors (Lipinski definition) is 1. The number of allylic oxidation sites excluding steroid dienone is 2. The van der Waals surface area contributed by atoms with Crippen LogP contribution in [-0.2, 0) is 9.53 Å². The highest BCUT2D eigenvalue weighted by Crippen LogP contribution is 2.53. The van der Waals surface area contributed by atoms with E-state index in [1.807, 2.05) is 0 Å².